The van der Waals surface area contributed by atoms with E-state index in [4.69, 9.17) is 16.3 Å². The van der Waals surface area contributed by atoms with E-state index >= 15 is 0 Å². The molecule has 1 rings (SSSR count). The molecule has 2 heteroatoms. The van der Waals surface area contributed by atoms with Gasteiger partial charge in [-0.2, -0.15) is 0 Å². The predicted molar refractivity (Wildman–Crippen MR) is 70.5 cm³/mol. The van der Waals surface area contributed by atoms with Gasteiger partial charge in [-0.1, -0.05) is 31.9 Å². The second kappa shape index (κ2) is 7.56. The van der Waals surface area contributed by atoms with Crippen molar-refractivity contribution in [3.8, 4) is 5.75 Å². The molecule has 0 aliphatic rings. The topological polar surface area (TPSA) is 9.23 Å². The molecule has 0 bridgehead atoms. The molecule has 0 heterocycles. The Kier molecular flexibility index (Phi) is 6.32. The molecule has 0 saturated carbocycles. The second-order valence-electron chi connectivity index (χ2n) is 4.19. The van der Waals surface area contributed by atoms with Gasteiger partial charge in [-0.05, 0) is 37.5 Å². The Morgan fingerprint density at radius 1 is 1.31 bits per heavy atom. The van der Waals surface area contributed by atoms with Gasteiger partial charge in [-0.15, -0.1) is 11.6 Å². The number of ether oxygens (including phenoxy) is 1. The molecular weight excluding hydrogens is 220 g/mol. The summed E-state index contributed by atoms with van der Waals surface area (Å²) in [4.78, 5) is 0. The van der Waals surface area contributed by atoms with Crippen molar-refractivity contribution >= 4 is 11.6 Å². The van der Waals surface area contributed by atoms with Crippen molar-refractivity contribution in [2.24, 2.45) is 0 Å². The number of rotatable bonds is 7. The van der Waals surface area contributed by atoms with Gasteiger partial charge in [0.25, 0.3) is 0 Å². The van der Waals surface area contributed by atoms with E-state index in [2.05, 4.69) is 19.1 Å². The van der Waals surface area contributed by atoms with Gasteiger partial charge in [0.2, 0.25) is 0 Å². The Labute approximate surface area is 104 Å². The first-order valence-corrected chi connectivity index (χ1v) is 6.52. The lowest BCUT2D eigenvalue weighted by atomic mass is 10.1. The second-order valence-corrected chi connectivity index (χ2v) is 4.93. The van der Waals surface area contributed by atoms with Gasteiger partial charge in [-0.3, -0.25) is 0 Å². The average Bonchev–Trinajstić information content (AvgIpc) is 2.24. The van der Waals surface area contributed by atoms with Crippen molar-refractivity contribution in [2.75, 3.05) is 6.61 Å². The Bertz CT molecular complexity index is 297. The minimum atomic E-state index is 0.176. The monoisotopic (exact) mass is 240 g/mol. The van der Waals surface area contributed by atoms with Gasteiger partial charge < -0.3 is 4.74 Å². The average molecular weight is 241 g/mol. The largest absolute Gasteiger partial charge is 0.494 e. The van der Waals surface area contributed by atoms with Gasteiger partial charge in [0.15, 0.2) is 0 Å². The molecule has 0 spiro atoms. The highest BCUT2D eigenvalue weighted by Gasteiger charge is 2.01. The Morgan fingerprint density at radius 2 is 2.12 bits per heavy atom. The maximum Gasteiger partial charge on any atom is 0.119 e. The minimum Gasteiger partial charge on any atom is -0.494 e. The van der Waals surface area contributed by atoms with Crippen LogP contribution in [0.25, 0.3) is 0 Å². The first kappa shape index (κ1) is 13.4. The number of hydrogen-bond donors (Lipinski definition) is 0. The van der Waals surface area contributed by atoms with Crippen LogP contribution in [0.1, 0.15) is 38.7 Å². The van der Waals surface area contributed by atoms with Crippen LogP contribution < -0.4 is 4.74 Å². The molecule has 0 aromatic heterocycles. The van der Waals surface area contributed by atoms with Crippen molar-refractivity contribution in [2.45, 2.75) is 44.9 Å². The normalized spacial score (nSPS) is 12.4. The summed E-state index contributed by atoms with van der Waals surface area (Å²) in [5, 5.41) is 0.176. The van der Waals surface area contributed by atoms with Crippen LogP contribution in [0.4, 0.5) is 0 Å². The van der Waals surface area contributed by atoms with E-state index in [1.807, 2.05) is 19.1 Å². The van der Waals surface area contributed by atoms with Crippen LogP contribution in [0.2, 0.25) is 0 Å². The zero-order chi connectivity index (χ0) is 11.8. The summed E-state index contributed by atoms with van der Waals surface area (Å²) in [6.07, 6.45) is 4.49. The van der Waals surface area contributed by atoms with Crippen LogP contribution in [0, 0.1) is 0 Å². The standard InChI is InChI=1S/C14H21ClO/c1-3-4-5-9-16-14-8-6-7-13(11-14)10-12(2)15/h6-8,11-12H,3-5,9-10H2,1-2H3. The highest BCUT2D eigenvalue weighted by molar-refractivity contribution is 6.20. The Balaban J connectivity index is 2.41. The fourth-order valence-electron chi connectivity index (χ4n) is 1.63. The summed E-state index contributed by atoms with van der Waals surface area (Å²) in [7, 11) is 0. The van der Waals surface area contributed by atoms with Crippen molar-refractivity contribution in [3.05, 3.63) is 29.8 Å². The molecule has 1 aromatic rings. The molecule has 0 aliphatic carbocycles. The van der Waals surface area contributed by atoms with Crippen LogP contribution in [0.15, 0.2) is 24.3 Å². The van der Waals surface area contributed by atoms with Gasteiger partial charge >= 0.3 is 0 Å². The SMILES string of the molecule is CCCCCOc1cccc(CC(C)Cl)c1. The first-order chi connectivity index (χ1) is 7.72. The summed E-state index contributed by atoms with van der Waals surface area (Å²) in [6.45, 7) is 5.02. The quantitative estimate of drug-likeness (QED) is 0.506. The van der Waals surface area contributed by atoms with E-state index in [1.165, 1.54) is 18.4 Å². The number of alkyl halides is 1. The van der Waals surface area contributed by atoms with E-state index in [0.717, 1.165) is 25.2 Å². The molecule has 0 radical (unpaired) electrons. The van der Waals surface area contributed by atoms with Crippen LogP contribution in [-0.2, 0) is 6.42 Å². The smallest absolute Gasteiger partial charge is 0.119 e. The third-order valence-corrected chi connectivity index (χ3v) is 2.59. The molecular formula is C14H21ClO. The lowest BCUT2D eigenvalue weighted by Crippen LogP contribution is -2.00. The lowest BCUT2D eigenvalue weighted by Gasteiger charge is -2.08. The van der Waals surface area contributed by atoms with Crippen molar-refractivity contribution in [1.82, 2.24) is 0 Å². The van der Waals surface area contributed by atoms with Gasteiger partial charge in [-0.25, -0.2) is 0 Å². The van der Waals surface area contributed by atoms with E-state index < -0.39 is 0 Å². The maximum atomic E-state index is 5.97. The zero-order valence-corrected chi connectivity index (χ0v) is 11.0. The highest BCUT2D eigenvalue weighted by atomic mass is 35.5. The van der Waals surface area contributed by atoms with Crippen molar-refractivity contribution in [3.63, 3.8) is 0 Å². The van der Waals surface area contributed by atoms with Crippen LogP contribution in [0.3, 0.4) is 0 Å². The van der Waals surface area contributed by atoms with Crippen molar-refractivity contribution < 1.29 is 4.74 Å². The van der Waals surface area contributed by atoms with E-state index in [1.54, 1.807) is 0 Å². The number of benzene rings is 1. The zero-order valence-electron chi connectivity index (χ0n) is 10.2. The summed E-state index contributed by atoms with van der Waals surface area (Å²) in [5.41, 5.74) is 1.25. The molecule has 0 fully saturated rings. The first-order valence-electron chi connectivity index (χ1n) is 6.08. The Hall–Kier alpha value is -0.690. The molecule has 1 nitrogen and oxygen atoms in total. The summed E-state index contributed by atoms with van der Waals surface area (Å²) >= 11 is 5.97. The van der Waals surface area contributed by atoms with E-state index in [9.17, 15) is 0 Å². The van der Waals surface area contributed by atoms with Gasteiger partial charge in [0.1, 0.15) is 5.75 Å². The molecule has 1 unspecified atom stereocenters. The fourth-order valence-corrected chi connectivity index (χ4v) is 1.81. The van der Waals surface area contributed by atoms with E-state index in [-0.39, 0.29) is 5.38 Å². The fraction of sp³-hybridized carbons (Fsp3) is 0.571. The number of hydrogen-bond acceptors (Lipinski definition) is 1. The molecule has 0 aliphatic heterocycles. The molecule has 16 heavy (non-hydrogen) atoms. The molecule has 0 saturated heterocycles. The predicted octanol–water partition coefficient (Wildman–Crippen LogP) is 4.43. The molecule has 0 amide bonds. The third kappa shape index (κ3) is 5.41. The third-order valence-electron chi connectivity index (χ3n) is 2.43. The van der Waals surface area contributed by atoms with E-state index in [0.29, 0.717) is 0 Å². The van der Waals surface area contributed by atoms with Gasteiger partial charge in [0.05, 0.1) is 6.61 Å². The molecule has 1 atom stereocenters. The lowest BCUT2D eigenvalue weighted by molar-refractivity contribution is 0.306. The summed E-state index contributed by atoms with van der Waals surface area (Å²) in [6, 6.07) is 8.22. The van der Waals surface area contributed by atoms with Crippen LogP contribution >= 0.6 is 11.6 Å². The maximum absolute atomic E-state index is 5.97. The van der Waals surface area contributed by atoms with Crippen LogP contribution in [-0.4, -0.2) is 12.0 Å². The molecule has 1 aromatic carbocycles. The van der Waals surface area contributed by atoms with Gasteiger partial charge in [0, 0.05) is 5.38 Å². The number of halogens is 1. The number of unbranched alkanes of at least 4 members (excludes halogenated alkanes) is 2. The summed E-state index contributed by atoms with van der Waals surface area (Å²) < 4.78 is 5.69. The van der Waals surface area contributed by atoms with Crippen LogP contribution in [0.5, 0.6) is 5.75 Å². The molecule has 0 N–H and O–H groups in total. The molecule has 90 valence electrons. The summed E-state index contributed by atoms with van der Waals surface area (Å²) in [5.74, 6) is 0.964. The van der Waals surface area contributed by atoms with Crippen molar-refractivity contribution in [1.29, 1.82) is 0 Å². The highest BCUT2D eigenvalue weighted by Crippen LogP contribution is 2.16. The minimum absolute atomic E-state index is 0.176. The Morgan fingerprint density at radius 3 is 2.81 bits per heavy atom.